The molecule has 0 radical (unpaired) electrons. The third-order valence-corrected chi connectivity index (χ3v) is 3.03. The van der Waals surface area contributed by atoms with Gasteiger partial charge in [0.25, 0.3) is 0 Å². The second-order valence-corrected chi connectivity index (χ2v) is 4.01. The van der Waals surface area contributed by atoms with E-state index in [1.807, 2.05) is 13.0 Å². The van der Waals surface area contributed by atoms with Crippen LogP contribution in [-0.4, -0.2) is 18.6 Å². The molecule has 0 aromatic carbocycles. The van der Waals surface area contributed by atoms with E-state index in [0.29, 0.717) is 6.04 Å². The summed E-state index contributed by atoms with van der Waals surface area (Å²) < 4.78 is 5.40. The maximum Gasteiger partial charge on any atom is 0.126 e. The molecule has 2 rings (SSSR count). The van der Waals surface area contributed by atoms with Gasteiger partial charge in [-0.1, -0.05) is 6.42 Å². The lowest BCUT2D eigenvalue weighted by molar-refractivity contribution is 0.371. The summed E-state index contributed by atoms with van der Waals surface area (Å²) in [7, 11) is 1.72. The molecule has 1 saturated heterocycles. The lowest BCUT2D eigenvalue weighted by Gasteiger charge is -2.26. The van der Waals surface area contributed by atoms with Gasteiger partial charge in [-0.25, -0.2) is 0 Å². The highest BCUT2D eigenvalue weighted by Gasteiger charge is 2.20. The van der Waals surface area contributed by atoms with Crippen molar-refractivity contribution in [2.24, 2.45) is 0 Å². The van der Waals surface area contributed by atoms with E-state index in [4.69, 9.17) is 4.74 Å². The first kappa shape index (κ1) is 10.4. The van der Waals surface area contributed by atoms with Crippen LogP contribution in [0.1, 0.15) is 36.6 Å². The summed E-state index contributed by atoms with van der Waals surface area (Å²) in [6.45, 7) is 3.15. The van der Waals surface area contributed by atoms with Gasteiger partial charge in [-0.3, -0.25) is 4.98 Å². The van der Waals surface area contributed by atoms with E-state index < -0.39 is 0 Å². The highest BCUT2D eigenvalue weighted by Crippen LogP contribution is 2.31. The average Bonchev–Trinajstić information content (AvgIpc) is 2.29. The monoisotopic (exact) mass is 206 g/mol. The molecule has 82 valence electrons. The van der Waals surface area contributed by atoms with Gasteiger partial charge < -0.3 is 10.1 Å². The quantitative estimate of drug-likeness (QED) is 0.805. The molecule has 1 fully saturated rings. The molecule has 1 aliphatic rings. The molecule has 0 spiro atoms. The standard InChI is InChI=1S/C12H18N2O/c1-9-12(10-5-3-4-7-14-10)11(15-2)6-8-13-9/h6,8,10,14H,3-5,7H2,1-2H3. The van der Waals surface area contributed by atoms with Gasteiger partial charge in [-0.15, -0.1) is 0 Å². The minimum Gasteiger partial charge on any atom is -0.496 e. The molecule has 3 heteroatoms. The van der Waals surface area contributed by atoms with Crippen molar-refractivity contribution in [3.8, 4) is 5.75 Å². The normalized spacial score (nSPS) is 21.3. The summed E-state index contributed by atoms with van der Waals surface area (Å²) in [4.78, 5) is 4.34. The largest absolute Gasteiger partial charge is 0.496 e. The summed E-state index contributed by atoms with van der Waals surface area (Å²) in [5, 5.41) is 3.53. The number of aryl methyl sites for hydroxylation is 1. The lowest BCUT2D eigenvalue weighted by Crippen LogP contribution is -2.27. The van der Waals surface area contributed by atoms with E-state index in [9.17, 15) is 0 Å². The Hall–Kier alpha value is -1.09. The summed E-state index contributed by atoms with van der Waals surface area (Å²) in [6, 6.07) is 2.36. The van der Waals surface area contributed by atoms with Crippen molar-refractivity contribution in [3.63, 3.8) is 0 Å². The van der Waals surface area contributed by atoms with Crippen LogP contribution in [0.2, 0.25) is 0 Å². The number of aromatic nitrogens is 1. The minimum atomic E-state index is 0.419. The van der Waals surface area contributed by atoms with Gasteiger partial charge in [0.05, 0.1) is 7.11 Å². The second kappa shape index (κ2) is 4.62. The third kappa shape index (κ3) is 2.12. The number of nitrogens with zero attached hydrogens (tertiary/aromatic N) is 1. The van der Waals surface area contributed by atoms with Gasteiger partial charge in [0.1, 0.15) is 5.75 Å². The maximum atomic E-state index is 5.40. The molecule has 0 amide bonds. The zero-order valence-corrected chi connectivity index (χ0v) is 9.42. The number of hydrogen-bond donors (Lipinski definition) is 1. The van der Waals surface area contributed by atoms with Crippen molar-refractivity contribution in [1.29, 1.82) is 0 Å². The smallest absolute Gasteiger partial charge is 0.126 e. The Morgan fingerprint density at radius 3 is 3.00 bits per heavy atom. The molecule has 1 N–H and O–H groups in total. The molecule has 0 aliphatic carbocycles. The molecule has 1 aromatic rings. The Labute approximate surface area is 90.9 Å². The molecular formula is C12H18N2O. The highest BCUT2D eigenvalue weighted by molar-refractivity contribution is 5.38. The molecule has 3 nitrogen and oxygen atoms in total. The Morgan fingerprint density at radius 2 is 2.33 bits per heavy atom. The number of rotatable bonds is 2. The van der Waals surface area contributed by atoms with Crippen LogP contribution < -0.4 is 10.1 Å². The lowest BCUT2D eigenvalue weighted by atomic mass is 9.96. The van der Waals surface area contributed by atoms with E-state index in [0.717, 1.165) is 18.0 Å². The van der Waals surface area contributed by atoms with E-state index in [2.05, 4.69) is 10.3 Å². The predicted molar refractivity (Wildman–Crippen MR) is 60.1 cm³/mol. The van der Waals surface area contributed by atoms with Crippen molar-refractivity contribution in [3.05, 3.63) is 23.5 Å². The predicted octanol–water partition coefficient (Wildman–Crippen LogP) is 2.21. The zero-order valence-electron chi connectivity index (χ0n) is 9.42. The van der Waals surface area contributed by atoms with Crippen molar-refractivity contribution >= 4 is 0 Å². The van der Waals surface area contributed by atoms with E-state index in [-0.39, 0.29) is 0 Å². The first-order valence-corrected chi connectivity index (χ1v) is 5.56. The van der Waals surface area contributed by atoms with Gasteiger partial charge >= 0.3 is 0 Å². The molecule has 2 heterocycles. The maximum absolute atomic E-state index is 5.40. The van der Waals surface area contributed by atoms with Crippen LogP contribution >= 0.6 is 0 Å². The Morgan fingerprint density at radius 1 is 1.47 bits per heavy atom. The van der Waals surface area contributed by atoms with Crippen molar-refractivity contribution in [2.45, 2.75) is 32.2 Å². The first-order chi connectivity index (χ1) is 7.33. The Kier molecular flexibility index (Phi) is 3.21. The summed E-state index contributed by atoms with van der Waals surface area (Å²) in [5.74, 6) is 0.960. The Bertz CT molecular complexity index is 332. The number of hydrogen-bond acceptors (Lipinski definition) is 3. The molecule has 1 aliphatic heterocycles. The minimum absolute atomic E-state index is 0.419. The molecule has 1 aromatic heterocycles. The first-order valence-electron chi connectivity index (χ1n) is 5.56. The van der Waals surface area contributed by atoms with Crippen LogP contribution in [0.3, 0.4) is 0 Å². The topological polar surface area (TPSA) is 34.1 Å². The molecule has 0 saturated carbocycles. The number of nitrogens with one attached hydrogen (secondary N) is 1. The molecule has 15 heavy (non-hydrogen) atoms. The fourth-order valence-electron chi connectivity index (χ4n) is 2.25. The summed E-state index contributed by atoms with van der Waals surface area (Å²) in [5.41, 5.74) is 2.31. The van der Waals surface area contributed by atoms with Crippen LogP contribution in [0.4, 0.5) is 0 Å². The van der Waals surface area contributed by atoms with Gasteiger partial charge in [0.2, 0.25) is 0 Å². The highest BCUT2D eigenvalue weighted by atomic mass is 16.5. The molecule has 1 unspecified atom stereocenters. The van der Waals surface area contributed by atoms with Crippen LogP contribution in [-0.2, 0) is 0 Å². The molecular weight excluding hydrogens is 188 g/mol. The van der Waals surface area contributed by atoms with Gasteiger partial charge in [0, 0.05) is 23.5 Å². The van der Waals surface area contributed by atoms with Crippen LogP contribution in [0.15, 0.2) is 12.3 Å². The summed E-state index contributed by atoms with van der Waals surface area (Å²) in [6.07, 6.45) is 5.55. The van der Waals surface area contributed by atoms with Crippen LogP contribution in [0, 0.1) is 6.92 Å². The van der Waals surface area contributed by atoms with Crippen molar-refractivity contribution < 1.29 is 4.74 Å². The van der Waals surface area contributed by atoms with Gasteiger partial charge in [-0.05, 0) is 32.4 Å². The summed E-state index contributed by atoms with van der Waals surface area (Å²) >= 11 is 0. The third-order valence-electron chi connectivity index (χ3n) is 3.03. The van der Waals surface area contributed by atoms with Crippen LogP contribution in [0.5, 0.6) is 5.75 Å². The van der Waals surface area contributed by atoms with E-state index in [1.54, 1.807) is 13.3 Å². The van der Waals surface area contributed by atoms with Crippen molar-refractivity contribution in [2.75, 3.05) is 13.7 Å². The molecule has 1 atom stereocenters. The fourth-order valence-corrected chi connectivity index (χ4v) is 2.25. The Balaban J connectivity index is 2.31. The molecule has 0 bridgehead atoms. The van der Waals surface area contributed by atoms with E-state index in [1.165, 1.54) is 24.8 Å². The number of ether oxygens (including phenoxy) is 1. The zero-order chi connectivity index (χ0) is 10.7. The van der Waals surface area contributed by atoms with Crippen LogP contribution in [0.25, 0.3) is 0 Å². The average molecular weight is 206 g/mol. The van der Waals surface area contributed by atoms with Gasteiger partial charge in [0.15, 0.2) is 0 Å². The number of methoxy groups -OCH3 is 1. The number of piperidine rings is 1. The van der Waals surface area contributed by atoms with Crippen molar-refractivity contribution in [1.82, 2.24) is 10.3 Å². The fraction of sp³-hybridized carbons (Fsp3) is 0.583. The van der Waals surface area contributed by atoms with Gasteiger partial charge in [-0.2, -0.15) is 0 Å². The van der Waals surface area contributed by atoms with E-state index >= 15 is 0 Å². The number of pyridine rings is 1. The second-order valence-electron chi connectivity index (χ2n) is 4.01. The SMILES string of the molecule is COc1ccnc(C)c1C1CCCCN1.